The molecule has 1 rings (SSSR count). The van der Waals surface area contributed by atoms with Gasteiger partial charge in [0.2, 0.25) is 5.91 Å². The summed E-state index contributed by atoms with van der Waals surface area (Å²) in [5.74, 6) is 0.704. The van der Waals surface area contributed by atoms with Crippen molar-refractivity contribution in [1.29, 1.82) is 0 Å². The third-order valence-electron chi connectivity index (χ3n) is 2.54. The number of imidazole rings is 1. The number of carbonyl (C=O) groups excluding carboxylic acids is 1. The van der Waals surface area contributed by atoms with Gasteiger partial charge < -0.3 is 15.6 Å². The maximum atomic E-state index is 11.7. The predicted molar refractivity (Wildman–Crippen MR) is 65.6 cm³/mol. The Morgan fingerprint density at radius 1 is 1.75 bits per heavy atom. The van der Waals surface area contributed by atoms with Crippen molar-refractivity contribution in [1.82, 2.24) is 14.9 Å². The minimum atomic E-state index is -0.0538. The third kappa shape index (κ3) is 3.31. The van der Waals surface area contributed by atoms with Gasteiger partial charge in [-0.25, -0.2) is 4.98 Å². The van der Waals surface area contributed by atoms with Crippen molar-refractivity contribution in [2.45, 2.75) is 32.9 Å². The third-order valence-corrected chi connectivity index (χ3v) is 2.94. The summed E-state index contributed by atoms with van der Waals surface area (Å²) in [6.45, 7) is 4.55. The molecule has 0 fully saturated rings. The van der Waals surface area contributed by atoms with Gasteiger partial charge >= 0.3 is 0 Å². The lowest BCUT2D eigenvalue weighted by atomic mass is 10.2. The fourth-order valence-corrected chi connectivity index (χ4v) is 1.74. The molecule has 1 heterocycles. The first-order chi connectivity index (χ1) is 7.58. The number of aromatic amines is 1. The number of nitrogens with one attached hydrogen (secondary N) is 1. The highest BCUT2D eigenvalue weighted by Crippen LogP contribution is 2.11. The monoisotopic (exact) mass is 288 g/mol. The zero-order chi connectivity index (χ0) is 12.1. The molecule has 6 heteroatoms. The van der Waals surface area contributed by atoms with E-state index in [1.54, 1.807) is 11.1 Å². The smallest absolute Gasteiger partial charge is 0.236 e. The summed E-state index contributed by atoms with van der Waals surface area (Å²) in [7, 11) is 0. The number of carbonyl (C=O) groups is 1. The highest BCUT2D eigenvalue weighted by molar-refractivity contribution is 9.10. The molecular formula is C10H17BrN4O. The predicted octanol–water partition coefficient (Wildman–Crippen LogP) is 1.26. The molecule has 1 aromatic rings. The van der Waals surface area contributed by atoms with Crippen LogP contribution in [0.1, 0.15) is 26.1 Å². The van der Waals surface area contributed by atoms with Crippen LogP contribution in [0.5, 0.6) is 0 Å². The van der Waals surface area contributed by atoms with Gasteiger partial charge in [0.15, 0.2) is 0 Å². The standard InChI is InChI=1S/C10H17BrN4O/c1-3-7(2)15(10(16)4-12)6-9-13-5-8(11)14-9/h5,7H,3-4,6,12H2,1-2H3,(H,13,14). The molecule has 5 nitrogen and oxygen atoms in total. The second-order valence-electron chi connectivity index (χ2n) is 3.66. The molecule has 0 aromatic carbocycles. The highest BCUT2D eigenvalue weighted by atomic mass is 79.9. The van der Waals surface area contributed by atoms with Gasteiger partial charge in [-0.15, -0.1) is 0 Å². The second-order valence-corrected chi connectivity index (χ2v) is 4.52. The second kappa shape index (κ2) is 6.00. The molecule has 0 aliphatic heterocycles. The number of halogens is 1. The Morgan fingerprint density at radius 3 is 2.88 bits per heavy atom. The van der Waals surface area contributed by atoms with Crippen LogP contribution < -0.4 is 5.73 Å². The van der Waals surface area contributed by atoms with E-state index in [4.69, 9.17) is 5.73 Å². The number of hydrogen-bond acceptors (Lipinski definition) is 3. The number of aromatic nitrogens is 2. The van der Waals surface area contributed by atoms with Crippen LogP contribution in [0.25, 0.3) is 0 Å². The fourth-order valence-electron chi connectivity index (χ4n) is 1.41. The van der Waals surface area contributed by atoms with Crippen molar-refractivity contribution >= 4 is 21.8 Å². The van der Waals surface area contributed by atoms with E-state index < -0.39 is 0 Å². The van der Waals surface area contributed by atoms with Gasteiger partial charge in [-0.1, -0.05) is 6.92 Å². The molecule has 0 radical (unpaired) electrons. The van der Waals surface area contributed by atoms with Crippen LogP contribution in [-0.2, 0) is 11.3 Å². The van der Waals surface area contributed by atoms with Gasteiger partial charge in [0.05, 0.1) is 19.3 Å². The average molecular weight is 289 g/mol. The Balaban J connectivity index is 2.74. The lowest BCUT2D eigenvalue weighted by Gasteiger charge is -2.27. The topological polar surface area (TPSA) is 75.0 Å². The van der Waals surface area contributed by atoms with Crippen molar-refractivity contribution < 1.29 is 4.79 Å². The number of amides is 1. The van der Waals surface area contributed by atoms with Crippen molar-refractivity contribution in [2.75, 3.05) is 6.54 Å². The molecule has 0 aliphatic carbocycles. The molecular weight excluding hydrogens is 272 g/mol. The molecule has 0 saturated heterocycles. The normalized spacial score (nSPS) is 12.5. The molecule has 1 aromatic heterocycles. The lowest BCUT2D eigenvalue weighted by Crippen LogP contribution is -2.41. The van der Waals surface area contributed by atoms with E-state index in [1.165, 1.54) is 0 Å². The fraction of sp³-hybridized carbons (Fsp3) is 0.600. The van der Waals surface area contributed by atoms with Crippen molar-refractivity contribution in [3.63, 3.8) is 0 Å². The van der Waals surface area contributed by atoms with E-state index in [0.717, 1.165) is 16.8 Å². The van der Waals surface area contributed by atoms with Crippen LogP contribution >= 0.6 is 15.9 Å². The zero-order valence-electron chi connectivity index (χ0n) is 9.53. The minimum absolute atomic E-state index is 0.0339. The van der Waals surface area contributed by atoms with Crippen molar-refractivity contribution in [3.05, 3.63) is 16.6 Å². The molecule has 0 spiro atoms. The molecule has 0 bridgehead atoms. The molecule has 16 heavy (non-hydrogen) atoms. The van der Waals surface area contributed by atoms with Crippen LogP contribution in [0.15, 0.2) is 10.8 Å². The number of nitrogens with two attached hydrogens (primary N) is 1. The van der Waals surface area contributed by atoms with E-state index in [1.807, 2.05) is 13.8 Å². The van der Waals surface area contributed by atoms with Crippen LogP contribution in [0, 0.1) is 0 Å². The van der Waals surface area contributed by atoms with Crippen molar-refractivity contribution in [2.24, 2.45) is 5.73 Å². The number of nitrogens with zero attached hydrogens (tertiary/aromatic N) is 2. The van der Waals surface area contributed by atoms with E-state index in [-0.39, 0.29) is 18.5 Å². The van der Waals surface area contributed by atoms with Gasteiger partial charge in [-0.05, 0) is 29.3 Å². The van der Waals surface area contributed by atoms with Crippen LogP contribution in [0.4, 0.5) is 0 Å². The molecule has 1 atom stereocenters. The molecule has 1 amide bonds. The summed E-state index contributed by atoms with van der Waals surface area (Å²) in [6.07, 6.45) is 2.57. The summed E-state index contributed by atoms with van der Waals surface area (Å²) in [5.41, 5.74) is 5.39. The Hall–Kier alpha value is -0.880. The first-order valence-electron chi connectivity index (χ1n) is 5.27. The lowest BCUT2D eigenvalue weighted by molar-refractivity contribution is -0.132. The quantitative estimate of drug-likeness (QED) is 0.857. The maximum absolute atomic E-state index is 11.7. The van der Waals surface area contributed by atoms with Gasteiger partial charge in [0.1, 0.15) is 10.4 Å². The van der Waals surface area contributed by atoms with Gasteiger partial charge in [-0.3, -0.25) is 4.79 Å². The minimum Gasteiger partial charge on any atom is -0.335 e. The van der Waals surface area contributed by atoms with E-state index >= 15 is 0 Å². The zero-order valence-corrected chi connectivity index (χ0v) is 11.1. The van der Waals surface area contributed by atoms with E-state index in [9.17, 15) is 4.79 Å². The SMILES string of the molecule is CCC(C)N(Cc1ncc(Br)[nH]1)C(=O)CN. The van der Waals surface area contributed by atoms with E-state index in [2.05, 4.69) is 25.9 Å². The summed E-state index contributed by atoms with van der Waals surface area (Å²) in [4.78, 5) is 20.6. The first kappa shape index (κ1) is 13.2. The highest BCUT2D eigenvalue weighted by Gasteiger charge is 2.18. The molecule has 1 unspecified atom stereocenters. The van der Waals surface area contributed by atoms with Crippen LogP contribution in [0.2, 0.25) is 0 Å². The summed E-state index contributed by atoms with van der Waals surface area (Å²) < 4.78 is 0.812. The van der Waals surface area contributed by atoms with Crippen molar-refractivity contribution in [3.8, 4) is 0 Å². The summed E-state index contributed by atoms with van der Waals surface area (Å²) >= 11 is 3.28. The average Bonchev–Trinajstić information content (AvgIpc) is 2.69. The Kier molecular flexibility index (Phi) is 4.95. The molecule has 0 aliphatic rings. The van der Waals surface area contributed by atoms with E-state index in [0.29, 0.717) is 6.54 Å². The van der Waals surface area contributed by atoms with Gasteiger partial charge in [0, 0.05) is 6.04 Å². The summed E-state index contributed by atoms with van der Waals surface area (Å²) in [5, 5.41) is 0. The number of hydrogen-bond donors (Lipinski definition) is 2. The first-order valence-corrected chi connectivity index (χ1v) is 6.06. The summed E-state index contributed by atoms with van der Waals surface area (Å²) in [6, 6.07) is 0.167. The van der Waals surface area contributed by atoms with Crippen LogP contribution in [0.3, 0.4) is 0 Å². The Morgan fingerprint density at radius 2 is 2.44 bits per heavy atom. The van der Waals surface area contributed by atoms with Crippen LogP contribution in [-0.4, -0.2) is 33.4 Å². The van der Waals surface area contributed by atoms with Gasteiger partial charge in [-0.2, -0.15) is 0 Å². The maximum Gasteiger partial charge on any atom is 0.236 e. The Bertz CT molecular complexity index is 352. The molecule has 90 valence electrons. The molecule has 3 N–H and O–H groups in total. The van der Waals surface area contributed by atoms with Gasteiger partial charge in [0.25, 0.3) is 0 Å². The number of rotatable bonds is 5. The Labute approximate surface area is 104 Å². The molecule has 0 saturated carbocycles. The largest absolute Gasteiger partial charge is 0.335 e. The number of H-pyrrole nitrogens is 1.